The minimum atomic E-state index is -0.515. The molecule has 2 amide bonds. The zero-order valence-corrected chi connectivity index (χ0v) is 11.6. The quantitative estimate of drug-likeness (QED) is 0.615. The van der Waals surface area contributed by atoms with Crippen LogP contribution in [0, 0.1) is 0 Å². The SMILES string of the molecule is O=C(NCCOC1CCCC1)NCCC1(O)CCC1. The van der Waals surface area contributed by atoms with E-state index in [-0.39, 0.29) is 6.03 Å². The second-order valence-corrected chi connectivity index (χ2v) is 5.79. The van der Waals surface area contributed by atoms with Crippen LogP contribution in [-0.4, -0.2) is 42.5 Å². The molecule has 2 saturated carbocycles. The molecule has 0 aromatic carbocycles. The molecule has 2 aliphatic rings. The molecular weight excluding hydrogens is 244 g/mol. The van der Waals surface area contributed by atoms with Crippen LogP contribution in [0.3, 0.4) is 0 Å². The normalized spacial score (nSPS) is 21.9. The lowest BCUT2D eigenvalue weighted by molar-refractivity contribution is -0.0389. The van der Waals surface area contributed by atoms with Crippen LogP contribution in [0.15, 0.2) is 0 Å². The van der Waals surface area contributed by atoms with Gasteiger partial charge in [0.05, 0.1) is 18.3 Å². The summed E-state index contributed by atoms with van der Waals surface area (Å²) in [7, 11) is 0. The number of aliphatic hydroxyl groups is 1. The van der Waals surface area contributed by atoms with Gasteiger partial charge in [0, 0.05) is 13.1 Å². The molecule has 5 heteroatoms. The van der Waals surface area contributed by atoms with Crippen LogP contribution in [0.25, 0.3) is 0 Å². The molecule has 0 radical (unpaired) electrons. The number of hydrogen-bond donors (Lipinski definition) is 3. The van der Waals surface area contributed by atoms with E-state index >= 15 is 0 Å². The Morgan fingerprint density at radius 3 is 2.47 bits per heavy atom. The van der Waals surface area contributed by atoms with E-state index in [0.717, 1.165) is 32.1 Å². The molecule has 0 bridgehead atoms. The third-order valence-electron chi connectivity index (χ3n) is 4.20. The lowest BCUT2D eigenvalue weighted by Crippen LogP contribution is -2.43. The third-order valence-corrected chi connectivity index (χ3v) is 4.20. The Kier molecular flexibility index (Phi) is 5.45. The number of ether oxygens (including phenoxy) is 1. The third kappa shape index (κ3) is 4.99. The van der Waals surface area contributed by atoms with Crippen molar-refractivity contribution in [1.29, 1.82) is 0 Å². The Bertz CT molecular complexity index is 286. The van der Waals surface area contributed by atoms with Crippen molar-refractivity contribution in [2.45, 2.75) is 63.1 Å². The van der Waals surface area contributed by atoms with Gasteiger partial charge in [0.25, 0.3) is 0 Å². The molecule has 0 unspecified atom stereocenters. The molecular formula is C14H26N2O3. The monoisotopic (exact) mass is 270 g/mol. The summed E-state index contributed by atoms with van der Waals surface area (Å²) in [6, 6.07) is -0.169. The molecule has 0 aliphatic heterocycles. The fraction of sp³-hybridized carbons (Fsp3) is 0.929. The number of urea groups is 1. The van der Waals surface area contributed by atoms with Crippen LogP contribution in [0.4, 0.5) is 4.79 Å². The summed E-state index contributed by atoms with van der Waals surface area (Å²) in [6.07, 6.45) is 8.73. The average Bonchev–Trinajstić information content (AvgIpc) is 2.85. The van der Waals surface area contributed by atoms with Gasteiger partial charge in [-0.25, -0.2) is 4.79 Å². The van der Waals surface area contributed by atoms with Crippen molar-refractivity contribution in [2.75, 3.05) is 19.7 Å². The zero-order chi connectivity index (χ0) is 13.6. The molecule has 19 heavy (non-hydrogen) atoms. The summed E-state index contributed by atoms with van der Waals surface area (Å²) >= 11 is 0. The van der Waals surface area contributed by atoms with Crippen LogP contribution in [-0.2, 0) is 4.74 Å². The lowest BCUT2D eigenvalue weighted by Gasteiger charge is -2.36. The summed E-state index contributed by atoms with van der Waals surface area (Å²) in [5.41, 5.74) is -0.515. The van der Waals surface area contributed by atoms with Gasteiger partial charge in [-0.2, -0.15) is 0 Å². The molecule has 0 aromatic heterocycles. The number of carbonyl (C=O) groups excluding carboxylic acids is 1. The Hall–Kier alpha value is -0.810. The maximum atomic E-state index is 11.5. The molecule has 2 fully saturated rings. The van der Waals surface area contributed by atoms with Gasteiger partial charge in [0.15, 0.2) is 0 Å². The van der Waals surface area contributed by atoms with E-state index in [1.807, 2.05) is 0 Å². The van der Waals surface area contributed by atoms with E-state index in [4.69, 9.17) is 4.74 Å². The predicted octanol–water partition coefficient (Wildman–Crippen LogP) is 1.55. The molecule has 5 nitrogen and oxygen atoms in total. The highest BCUT2D eigenvalue weighted by molar-refractivity contribution is 5.73. The van der Waals surface area contributed by atoms with Gasteiger partial charge in [-0.1, -0.05) is 12.8 Å². The largest absolute Gasteiger partial charge is 0.390 e. The first-order valence-corrected chi connectivity index (χ1v) is 7.54. The van der Waals surface area contributed by atoms with E-state index in [2.05, 4.69) is 10.6 Å². The molecule has 0 atom stereocenters. The van der Waals surface area contributed by atoms with E-state index in [0.29, 0.717) is 32.2 Å². The van der Waals surface area contributed by atoms with Crippen LogP contribution in [0.2, 0.25) is 0 Å². The van der Waals surface area contributed by atoms with Gasteiger partial charge in [0.1, 0.15) is 0 Å². The fourth-order valence-corrected chi connectivity index (χ4v) is 2.75. The van der Waals surface area contributed by atoms with Gasteiger partial charge in [-0.3, -0.25) is 0 Å². The van der Waals surface area contributed by atoms with Crippen molar-refractivity contribution in [1.82, 2.24) is 10.6 Å². The fourth-order valence-electron chi connectivity index (χ4n) is 2.75. The van der Waals surface area contributed by atoms with Gasteiger partial charge in [-0.05, 0) is 38.5 Å². The average molecular weight is 270 g/mol. The van der Waals surface area contributed by atoms with Crippen molar-refractivity contribution < 1.29 is 14.6 Å². The first-order valence-electron chi connectivity index (χ1n) is 7.54. The summed E-state index contributed by atoms with van der Waals surface area (Å²) in [5.74, 6) is 0. The van der Waals surface area contributed by atoms with Crippen LogP contribution in [0.1, 0.15) is 51.4 Å². The molecule has 2 rings (SSSR count). The van der Waals surface area contributed by atoms with Crippen molar-refractivity contribution in [3.63, 3.8) is 0 Å². The summed E-state index contributed by atoms with van der Waals surface area (Å²) in [5, 5.41) is 15.4. The topological polar surface area (TPSA) is 70.6 Å². The van der Waals surface area contributed by atoms with Crippen LogP contribution >= 0.6 is 0 Å². The molecule has 3 N–H and O–H groups in total. The van der Waals surface area contributed by atoms with Crippen LogP contribution < -0.4 is 10.6 Å². The van der Waals surface area contributed by atoms with Crippen molar-refractivity contribution in [3.05, 3.63) is 0 Å². The standard InChI is InChI=1S/C14H26N2O3/c17-13(15-9-8-14(18)6-3-7-14)16-10-11-19-12-4-1-2-5-12/h12,18H,1-11H2,(H2,15,16,17). The summed E-state index contributed by atoms with van der Waals surface area (Å²) in [4.78, 5) is 11.5. The first-order chi connectivity index (χ1) is 9.18. The number of carbonyl (C=O) groups is 1. The number of amides is 2. The van der Waals surface area contributed by atoms with E-state index in [9.17, 15) is 9.90 Å². The molecule has 110 valence electrons. The second-order valence-electron chi connectivity index (χ2n) is 5.79. The molecule has 0 heterocycles. The Labute approximate surface area is 115 Å². The number of hydrogen-bond acceptors (Lipinski definition) is 3. The minimum absolute atomic E-state index is 0.169. The lowest BCUT2D eigenvalue weighted by atomic mass is 9.78. The van der Waals surface area contributed by atoms with Crippen molar-refractivity contribution in [3.8, 4) is 0 Å². The van der Waals surface area contributed by atoms with Gasteiger partial charge >= 0.3 is 6.03 Å². The van der Waals surface area contributed by atoms with E-state index in [1.165, 1.54) is 12.8 Å². The first kappa shape index (κ1) is 14.6. The van der Waals surface area contributed by atoms with E-state index < -0.39 is 5.60 Å². The molecule has 0 saturated heterocycles. The number of nitrogens with one attached hydrogen (secondary N) is 2. The Morgan fingerprint density at radius 2 is 1.84 bits per heavy atom. The second kappa shape index (κ2) is 7.10. The zero-order valence-electron chi connectivity index (χ0n) is 11.6. The Balaban J connectivity index is 1.43. The molecule has 0 aromatic rings. The maximum absolute atomic E-state index is 11.5. The van der Waals surface area contributed by atoms with Crippen molar-refractivity contribution >= 4 is 6.03 Å². The summed E-state index contributed by atoms with van der Waals surface area (Å²) < 4.78 is 5.66. The maximum Gasteiger partial charge on any atom is 0.314 e. The smallest absolute Gasteiger partial charge is 0.314 e. The highest BCUT2D eigenvalue weighted by atomic mass is 16.5. The van der Waals surface area contributed by atoms with Crippen molar-refractivity contribution in [2.24, 2.45) is 0 Å². The minimum Gasteiger partial charge on any atom is -0.390 e. The Morgan fingerprint density at radius 1 is 1.16 bits per heavy atom. The van der Waals surface area contributed by atoms with Gasteiger partial charge < -0.3 is 20.5 Å². The van der Waals surface area contributed by atoms with Gasteiger partial charge in [0.2, 0.25) is 0 Å². The highest BCUT2D eigenvalue weighted by Gasteiger charge is 2.33. The number of rotatable bonds is 7. The highest BCUT2D eigenvalue weighted by Crippen LogP contribution is 2.33. The molecule has 2 aliphatic carbocycles. The predicted molar refractivity (Wildman–Crippen MR) is 73.0 cm³/mol. The van der Waals surface area contributed by atoms with Crippen LogP contribution in [0.5, 0.6) is 0 Å². The van der Waals surface area contributed by atoms with E-state index in [1.54, 1.807) is 0 Å². The van der Waals surface area contributed by atoms with Gasteiger partial charge in [-0.15, -0.1) is 0 Å². The molecule has 0 spiro atoms. The summed E-state index contributed by atoms with van der Waals surface area (Å²) in [6.45, 7) is 1.67.